The summed E-state index contributed by atoms with van der Waals surface area (Å²) >= 11 is 0. The van der Waals surface area contributed by atoms with Crippen LogP contribution in [-0.2, 0) is 4.74 Å². The third-order valence-corrected chi connectivity index (χ3v) is 3.00. The molecule has 0 atom stereocenters. The van der Waals surface area contributed by atoms with Crippen LogP contribution in [0.2, 0.25) is 0 Å². The van der Waals surface area contributed by atoms with Crippen LogP contribution in [0.3, 0.4) is 0 Å². The summed E-state index contributed by atoms with van der Waals surface area (Å²) in [5.74, 6) is -1.03. The molecule has 20 heavy (non-hydrogen) atoms. The van der Waals surface area contributed by atoms with Gasteiger partial charge in [-0.25, -0.2) is 14.6 Å². The van der Waals surface area contributed by atoms with Crippen LogP contribution >= 0.6 is 0 Å². The highest BCUT2D eigenvalue weighted by molar-refractivity contribution is 5.93. The zero-order valence-corrected chi connectivity index (χ0v) is 11.2. The van der Waals surface area contributed by atoms with Crippen LogP contribution in [0.1, 0.15) is 15.9 Å². The summed E-state index contributed by atoms with van der Waals surface area (Å²) < 4.78 is 5.18. The summed E-state index contributed by atoms with van der Waals surface area (Å²) in [5.41, 5.74) is 4.12. The molecule has 0 radical (unpaired) electrons. The molecule has 7 heteroatoms. The summed E-state index contributed by atoms with van der Waals surface area (Å²) in [6.45, 7) is 4.21. The molecule has 2 amide bonds. The SMILES string of the molecule is Cc1ccc(C(=O)O)cc1NC(=O)NN1CCOCC1. The molecule has 2 rings (SSSR count). The Morgan fingerprint density at radius 3 is 2.65 bits per heavy atom. The molecule has 1 fully saturated rings. The van der Waals surface area contributed by atoms with Crippen molar-refractivity contribution in [2.45, 2.75) is 6.92 Å². The molecule has 1 aromatic rings. The van der Waals surface area contributed by atoms with Gasteiger partial charge in [0, 0.05) is 18.8 Å². The fourth-order valence-electron chi connectivity index (χ4n) is 1.86. The number of carboxylic acids is 1. The number of nitrogens with zero attached hydrogens (tertiary/aromatic N) is 1. The molecule has 0 unspecified atom stereocenters. The Balaban J connectivity index is 1.99. The molecule has 1 aliphatic heterocycles. The number of anilines is 1. The quantitative estimate of drug-likeness (QED) is 0.769. The molecule has 3 N–H and O–H groups in total. The summed E-state index contributed by atoms with van der Waals surface area (Å²) in [6, 6.07) is 4.21. The number of nitrogens with one attached hydrogen (secondary N) is 2. The van der Waals surface area contributed by atoms with Crippen molar-refractivity contribution in [2.24, 2.45) is 0 Å². The molecule has 0 spiro atoms. The molecule has 1 heterocycles. The number of aryl methyl sites for hydroxylation is 1. The van der Waals surface area contributed by atoms with Crippen molar-refractivity contribution in [1.82, 2.24) is 10.4 Å². The number of amides is 2. The van der Waals surface area contributed by atoms with Gasteiger partial charge in [-0.1, -0.05) is 6.07 Å². The second kappa shape index (κ2) is 6.36. The fourth-order valence-corrected chi connectivity index (χ4v) is 1.86. The lowest BCUT2D eigenvalue weighted by Crippen LogP contribution is -2.49. The van der Waals surface area contributed by atoms with Crippen molar-refractivity contribution < 1.29 is 19.4 Å². The maximum absolute atomic E-state index is 11.9. The molecule has 7 nitrogen and oxygen atoms in total. The van der Waals surface area contributed by atoms with Gasteiger partial charge in [-0.3, -0.25) is 5.43 Å². The third-order valence-electron chi connectivity index (χ3n) is 3.00. The van der Waals surface area contributed by atoms with E-state index in [1.807, 2.05) is 0 Å². The first kappa shape index (κ1) is 14.3. The van der Waals surface area contributed by atoms with Crippen molar-refractivity contribution in [3.63, 3.8) is 0 Å². The molecule has 0 aliphatic carbocycles. The maximum Gasteiger partial charge on any atom is 0.335 e. The van der Waals surface area contributed by atoms with Gasteiger partial charge in [0.15, 0.2) is 0 Å². The molecule has 0 saturated carbocycles. The van der Waals surface area contributed by atoms with Crippen molar-refractivity contribution in [3.8, 4) is 0 Å². The van der Waals surface area contributed by atoms with Crippen LogP contribution in [0.4, 0.5) is 10.5 Å². The Kier molecular flexibility index (Phi) is 4.54. The zero-order chi connectivity index (χ0) is 14.5. The predicted octanol–water partition coefficient (Wildman–Crippen LogP) is 1.06. The summed E-state index contributed by atoms with van der Waals surface area (Å²) in [7, 11) is 0. The molecular formula is C13H17N3O4. The lowest BCUT2D eigenvalue weighted by Gasteiger charge is -2.27. The second-order valence-electron chi connectivity index (χ2n) is 4.50. The molecule has 108 valence electrons. The van der Waals surface area contributed by atoms with E-state index in [-0.39, 0.29) is 5.56 Å². The Morgan fingerprint density at radius 2 is 2.00 bits per heavy atom. The van der Waals surface area contributed by atoms with Gasteiger partial charge in [0.1, 0.15) is 0 Å². The number of benzene rings is 1. The number of carboxylic acid groups (broad SMARTS) is 1. The van der Waals surface area contributed by atoms with E-state index in [4.69, 9.17) is 9.84 Å². The number of hydrogen-bond acceptors (Lipinski definition) is 4. The smallest absolute Gasteiger partial charge is 0.335 e. The Hall–Kier alpha value is -2.12. The topological polar surface area (TPSA) is 90.9 Å². The fraction of sp³-hybridized carbons (Fsp3) is 0.385. The van der Waals surface area contributed by atoms with Crippen LogP contribution < -0.4 is 10.7 Å². The first-order valence-electron chi connectivity index (χ1n) is 6.30. The van der Waals surface area contributed by atoms with Crippen LogP contribution in [-0.4, -0.2) is 48.4 Å². The van der Waals surface area contributed by atoms with Gasteiger partial charge in [0.2, 0.25) is 0 Å². The normalized spacial score (nSPS) is 15.7. The minimum absolute atomic E-state index is 0.136. The van der Waals surface area contributed by atoms with E-state index in [1.54, 1.807) is 18.0 Å². The highest BCUT2D eigenvalue weighted by Crippen LogP contribution is 2.16. The number of carbonyl (C=O) groups excluding carboxylic acids is 1. The number of hydrogen-bond donors (Lipinski definition) is 3. The minimum Gasteiger partial charge on any atom is -0.478 e. The van der Waals surface area contributed by atoms with Gasteiger partial charge in [0.25, 0.3) is 0 Å². The van der Waals surface area contributed by atoms with Crippen molar-refractivity contribution in [2.75, 3.05) is 31.6 Å². The van der Waals surface area contributed by atoms with Crippen LogP contribution in [0, 0.1) is 6.92 Å². The molecular weight excluding hydrogens is 262 g/mol. The number of rotatable bonds is 3. The lowest BCUT2D eigenvalue weighted by atomic mass is 10.1. The van der Waals surface area contributed by atoms with Gasteiger partial charge in [-0.2, -0.15) is 0 Å². The first-order chi connectivity index (χ1) is 9.56. The molecule has 1 aliphatic rings. The third kappa shape index (κ3) is 3.69. The number of morpholine rings is 1. The number of ether oxygens (including phenoxy) is 1. The van der Waals surface area contributed by atoms with E-state index in [2.05, 4.69) is 10.7 Å². The van der Waals surface area contributed by atoms with Crippen LogP contribution in [0.5, 0.6) is 0 Å². The molecule has 1 saturated heterocycles. The first-order valence-corrected chi connectivity index (χ1v) is 6.30. The highest BCUT2D eigenvalue weighted by Gasteiger charge is 2.14. The van der Waals surface area contributed by atoms with E-state index in [9.17, 15) is 9.59 Å². The molecule has 1 aromatic carbocycles. The Bertz CT molecular complexity index is 512. The van der Waals surface area contributed by atoms with Crippen LogP contribution in [0.25, 0.3) is 0 Å². The van der Waals surface area contributed by atoms with E-state index >= 15 is 0 Å². The van der Waals surface area contributed by atoms with Crippen LogP contribution in [0.15, 0.2) is 18.2 Å². The lowest BCUT2D eigenvalue weighted by molar-refractivity contribution is 0.0207. The molecule has 0 aromatic heterocycles. The van der Waals surface area contributed by atoms with Crippen molar-refractivity contribution >= 4 is 17.7 Å². The number of carbonyl (C=O) groups is 2. The second-order valence-corrected chi connectivity index (χ2v) is 4.50. The monoisotopic (exact) mass is 279 g/mol. The predicted molar refractivity (Wildman–Crippen MR) is 72.7 cm³/mol. The standard InChI is InChI=1S/C13H17N3O4/c1-9-2-3-10(12(17)18)8-11(9)14-13(19)15-16-4-6-20-7-5-16/h2-3,8H,4-7H2,1H3,(H,17,18)(H2,14,15,19). The summed E-state index contributed by atoms with van der Waals surface area (Å²) in [6.07, 6.45) is 0. The van der Waals surface area contributed by atoms with Gasteiger partial charge < -0.3 is 15.2 Å². The average Bonchev–Trinajstić information content (AvgIpc) is 2.42. The highest BCUT2D eigenvalue weighted by atomic mass is 16.5. The number of hydrazine groups is 1. The Morgan fingerprint density at radius 1 is 1.30 bits per heavy atom. The Labute approximate surface area is 116 Å². The van der Waals surface area contributed by atoms with E-state index < -0.39 is 12.0 Å². The van der Waals surface area contributed by atoms with E-state index in [1.165, 1.54) is 12.1 Å². The summed E-state index contributed by atoms with van der Waals surface area (Å²) in [4.78, 5) is 22.8. The van der Waals surface area contributed by atoms with E-state index in [0.717, 1.165) is 5.56 Å². The van der Waals surface area contributed by atoms with Gasteiger partial charge in [-0.15, -0.1) is 0 Å². The van der Waals surface area contributed by atoms with Crippen molar-refractivity contribution in [1.29, 1.82) is 0 Å². The number of urea groups is 1. The van der Waals surface area contributed by atoms with E-state index in [0.29, 0.717) is 32.0 Å². The van der Waals surface area contributed by atoms with Gasteiger partial charge in [-0.05, 0) is 24.6 Å². The van der Waals surface area contributed by atoms with Gasteiger partial charge >= 0.3 is 12.0 Å². The number of aromatic carboxylic acids is 1. The largest absolute Gasteiger partial charge is 0.478 e. The van der Waals surface area contributed by atoms with Gasteiger partial charge in [0.05, 0.1) is 18.8 Å². The summed E-state index contributed by atoms with van der Waals surface area (Å²) in [5, 5.41) is 13.4. The average molecular weight is 279 g/mol. The minimum atomic E-state index is -1.03. The maximum atomic E-state index is 11.9. The van der Waals surface area contributed by atoms with Crippen molar-refractivity contribution in [3.05, 3.63) is 29.3 Å². The zero-order valence-electron chi connectivity index (χ0n) is 11.2. The molecule has 0 bridgehead atoms.